The van der Waals surface area contributed by atoms with E-state index in [9.17, 15) is 9.59 Å². The highest BCUT2D eigenvalue weighted by Crippen LogP contribution is 2.12. The highest BCUT2D eigenvalue weighted by Gasteiger charge is 2.12. The number of rotatable bonds is 6. The molecule has 1 aromatic carbocycles. The van der Waals surface area contributed by atoms with E-state index in [1.807, 2.05) is 32.9 Å². The van der Waals surface area contributed by atoms with E-state index in [-0.39, 0.29) is 17.8 Å². The maximum atomic E-state index is 11.4. The van der Waals surface area contributed by atoms with Crippen molar-refractivity contribution < 1.29 is 14.3 Å². The van der Waals surface area contributed by atoms with E-state index in [1.165, 1.54) is 0 Å². The number of nitrogens with two attached hydrogens (primary N) is 1. The Morgan fingerprint density at radius 2 is 1.95 bits per heavy atom. The van der Waals surface area contributed by atoms with Crippen LogP contribution in [-0.2, 0) is 16.0 Å². The van der Waals surface area contributed by atoms with Crippen LogP contribution < -0.4 is 5.73 Å². The molecule has 0 aliphatic heterocycles. The minimum absolute atomic E-state index is 0.106. The Bertz CT molecular complexity index is 454. The van der Waals surface area contributed by atoms with Crippen molar-refractivity contribution in [2.24, 2.45) is 17.6 Å². The first-order valence-corrected chi connectivity index (χ1v) is 6.45. The molecule has 0 aromatic heterocycles. The average molecular weight is 263 g/mol. The second-order valence-electron chi connectivity index (χ2n) is 5.16. The van der Waals surface area contributed by atoms with Gasteiger partial charge >= 0.3 is 5.97 Å². The predicted octanol–water partition coefficient (Wildman–Crippen LogP) is 2.16. The lowest BCUT2D eigenvalue weighted by atomic mass is 10.00. The lowest BCUT2D eigenvalue weighted by Gasteiger charge is -2.13. The zero-order valence-corrected chi connectivity index (χ0v) is 11.7. The number of carbonyl (C=O) groups excluding carboxylic acids is 2. The van der Waals surface area contributed by atoms with Crippen molar-refractivity contribution in [2.75, 3.05) is 6.61 Å². The highest BCUT2D eigenvalue weighted by atomic mass is 16.5. The fourth-order valence-electron chi connectivity index (χ4n) is 1.70. The van der Waals surface area contributed by atoms with Crippen LogP contribution in [0.1, 0.15) is 36.7 Å². The summed E-state index contributed by atoms with van der Waals surface area (Å²) in [4.78, 5) is 22.4. The summed E-state index contributed by atoms with van der Waals surface area (Å²) in [6, 6.07) is 7.22. The number of carbonyl (C=O) groups is 2. The summed E-state index contributed by atoms with van der Waals surface area (Å²) in [7, 11) is 0. The topological polar surface area (TPSA) is 69.4 Å². The second kappa shape index (κ2) is 6.92. The third-order valence-corrected chi connectivity index (χ3v) is 2.78. The molecular formula is C15H21NO3. The van der Waals surface area contributed by atoms with E-state index in [1.54, 1.807) is 12.1 Å². The van der Waals surface area contributed by atoms with Gasteiger partial charge in [0.15, 0.2) is 0 Å². The molecule has 1 unspecified atom stereocenters. The van der Waals surface area contributed by atoms with Crippen LogP contribution in [0, 0.1) is 11.8 Å². The predicted molar refractivity (Wildman–Crippen MR) is 73.6 cm³/mol. The number of primary amides is 1. The lowest BCUT2D eigenvalue weighted by molar-refractivity contribution is -0.148. The smallest absolute Gasteiger partial charge is 0.308 e. The number of hydrogen-bond donors (Lipinski definition) is 1. The lowest BCUT2D eigenvalue weighted by Crippen LogP contribution is -2.17. The molecule has 2 N–H and O–H groups in total. The molecule has 19 heavy (non-hydrogen) atoms. The van der Waals surface area contributed by atoms with Crippen LogP contribution in [0.3, 0.4) is 0 Å². The normalized spacial score (nSPS) is 12.2. The fraction of sp³-hybridized carbons (Fsp3) is 0.467. The summed E-state index contributed by atoms with van der Waals surface area (Å²) in [5.41, 5.74) is 6.76. The maximum absolute atomic E-state index is 11.4. The Labute approximate surface area is 113 Å². The van der Waals surface area contributed by atoms with Crippen molar-refractivity contribution >= 4 is 11.9 Å². The van der Waals surface area contributed by atoms with Gasteiger partial charge in [0.1, 0.15) is 0 Å². The maximum Gasteiger partial charge on any atom is 0.308 e. The zero-order chi connectivity index (χ0) is 14.4. The van der Waals surface area contributed by atoms with E-state index in [0.717, 1.165) is 12.0 Å². The van der Waals surface area contributed by atoms with Crippen molar-refractivity contribution in [1.82, 2.24) is 0 Å². The molecule has 1 atom stereocenters. The van der Waals surface area contributed by atoms with Gasteiger partial charge in [0, 0.05) is 5.56 Å². The third kappa shape index (κ3) is 5.12. The molecule has 0 saturated carbocycles. The molecule has 0 aliphatic carbocycles. The highest BCUT2D eigenvalue weighted by molar-refractivity contribution is 5.92. The molecule has 104 valence electrons. The molecule has 0 radical (unpaired) electrons. The van der Waals surface area contributed by atoms with Crippen molar-refractivity contribution in [3.05, 3.63) is 35.4 Å². The van der Waals surface area contributed by atoms with E-state index in [4.69, 9.17) is 10.5 Å². The molecule has 1 aromatic rings. The SMILES string of the molecule is CC(COC(=O)C(C)C)Cc1cccc(C(N)=O)c1. The fourth-order valence-corrected chi connectivity index (χ4v) is 1.70. The van der Waals surface area contributed by atoms with E-state index in [2.05, 4.69) is 0 Å². The molecule has 1 rings (SSSR count). The van der Waals surface area contributed by atoms with Crippen molar-refractivity contribution in [3.8, 4) is 0 Å². The molecular weight excluding hydrogens is 242 g/mol. The summed E-state index contributed by atoms with van der Waals surface area (Å²) in [6.07, 6.45) is 0.743. The summed E-state index contributed by atoms with van der Waals surface area (Å²) in [5.74, 6) is -0.519. The van der Waals surface area contributed by atoms with Crippen LogP contribution in [0.15, 0.2) is 24.3 Å². The van der Waals surface area contributed by atoms with Gasteiger partial charge in [0.25, 0.3) is 0 Å². The molecule has 4 nitrogen and oxygen atoms in total. The van der Waals surface area contributed by atoms with Gasteiger partial charge in [-0.05, 0) is 30.0 Å². The van der Waals surface area contributed by atoms with Gasteiger partial charge in [-0.15, -0.1) is 0 Å². The first-order valence-electron chi connectivity index (χ1n) is 6.45. The van der Waals surface area contributed by atoms with Crippen LogP contribution in [-0.4, -0.2) is 18.5 Å². The Kier molecular flexibility index (Phi) is 5.55. The zero-order valence-electron chi connectivity index (χ0n) is 11.7. The van der Waals surface area contributed by atoms with Crippen LogP contribution in [0.4, 0.5) is 0 Å². The van der Waals surface area contributed by atoms with Gasteiger partial charge in [-0.2, -0.15) is 0 Å². The van der Waals surface area contributed by atoms with Gasteiger partial charge < -0.3 is 10.5 Å². The van der Waals surface area contributed by atoms with Crippen LogP contribution in [0.2, 0.25) is 0 Å². The number of esters is 1. The summed E-state index contributed by atoms with van der Waals surface area (Å²) in [6.45, 7) is 6.01. The third-order valence-electron chi connectivity index (χ3n) is 2.78. The summed E-state index contributed by atoms with van der Waals surface area (Å²) < 4.78 is 5.18. The number of hydrogen-bond acceptors (Lipinski definition) is 3. The monoisotopic (exact) mass is 263 g/mol. The summed E-state index contributed by atoms with van der Waals surface area (Å²) in [5, 5.41) is 0. The number of benzene rings is 1. The Hall–Kier alpha value is -1.84. The molecule has 0 aliphatic rings. The number of amides is 1. The molecule has 1 amide bonds. The molecule has 0 bridgehead atoms. The summed E-state index contributed by atoms with van der Waals surface area (Å²) >= 11 is 0. The first kappa shape index (κ1) is 15.2. The average Bonchev–Trinajstić information content (AvgIpc) is 2.36. The van der Waals surface area contributed by atoms with Crippen molar-refractivity contribution in [1.29, 1.82) is 0 Å². The van der Waals surface area contributed by atoms with Gasteiger partial charge in [-0.1, -0.05) is 32.9 Å². The van der Waals surface area contributed by atoms with E-state index in [0.29, 0.717) is 12.2 Å². The largest absolute Gasteiger partial charge is 0.465 e. The molecule has 0 heterocycles. The molecule has 0 spiro atoms. The van der Waals surface area contributed by atoms with E-state index < -0.39 is 5.91 Å². The van der Waals surface area contributed by atoms with Gasteiger partial charge in [-0.3, -0.25) is 9.59 Å². The van der Waals surface area contributed by atoms with Gasteiger partial charge in [-0.25, -0.2) is 0 Å². The van der Waals surface area contributed by atoms with Crippen molar-refractivity contribution in [3.63, 3.8) is 0 Å². The van der Waals surface area contributed by atoms with Crippen LogP contribution >= 0.6 is 0 Å². The Morgan fingerprint density at radius 1 is 1.26 bits per heavy atom. The van der Waals surface area contributed by atoms with Crippen LogP contribution in [0.25, 0.3) is 0 Å². The van der Waals surface area contributed by atoms with Gasteiger partial charge in [0.05, 0.1) is 12.5 Å². The quantitative estimate of drug-likeness (QED) is 0.800. The van der Waals surface area contributed by atoms with Gasteiger partial charge in [0.2, 0.25) is 5.91 Å². The minimum Gasteiger partial charge on any atom is -0.465 e. The standard InChI is InChI=1S/C15H21NO3/c1-10(2)15(18)19-9-11(3)7-12-5-4-6-13(8-12)14(16)17/h4-6,8,10-11H,7,9H2,1-3H3,(H2,16,17). The molecule has 0 saturated heterocycles. The second-order valence-corrected chi connectivity index (χ2v) is 5.16. The van der Waals surface area contributed by atoms with E-state index >= 15 is 0 Å². The van der Waals surface area contributed by atoms with Crippen molar-refractivity contribution in [2.45, 2.75) is 27.2 Å². The first-order chi connectivity index (χ1) is 8.90. The number of ether oxygens (including phenoxy) is 1. The Morgan fingerprint density at radius 3 is 2.53 bits per heavy atom. The molecule has 0 fully saturated rings. The Balaban J connectivity index is 2.52. The van der Waals surface area contributed by atoms with Crippen LogP contribution in [0.5, 0.6) is 0 Å². The molecule has 4 heteroatoms. The minimum atomic E-state index is -0.430.